The first-order chi connectivity index (χ1) is 12.2. The van der Waals surface area contributed by atoms with Gasteiger partial charge in [0.25, 0.3) is 0 Å². The van der Waals surface area contributed by atoms with Crippen LogP contribution in [0, 0.1) is 0 Å². The fourth-order valence-electron chi connectivity index (χ4n) is 3.86. The van der Waals surface area contributed by atoms with E-state index in [1.165, 1.54) is 18.4 Å². The van der Waals surface area contributed by atoms with E-state index in [4.69, 9.17) is 9.47 Å². The quantitative estimate of drug-likeness (QED) is 0.814. The van der Waals surface area contributed by atoms with Gasteiger partial charge in [0, 0.05) is 26.2 Å². The number of aliphatic hydroxyl groups is 1. The lowest BCUT2D eigenvalue weighted by molar-refractivity contribution is -0.0547. The molecule has 0 aromatic heterocycles. The van der Waals surface area contributed by atoms with Crippen molar-refractivity contribution in [3.63, 3.8) is 0 Å². The van der Waals surface area contributed by atoms with Gasteiger partial charge in [-0.15, -0.1) is 0 Å². The Balaban J connectivity index is 1.50. The molecular weight excluding hydrogens is 316 g/mol. The Morgan fingerprint density at radius 1 is 1.16 bits per heavy atom. The zero-order chi connectivity index (χ0) is 17.5. The molecule has 0 radical (unpaired) electrons. The molecule has 2 aliphatic heterocycles. The first kappa shape index (κ1) is 18.6. The summed E-state index contributed by atoms with van der Waals surface area (Å²) >= 11 is 0. The fraction of sp³-hybridized carbons (Fsp3) is 0.700. The summed E-state index contributed by atoms with van der Waals surface area (Å²) in [4.78, 5) is 4.64. The molecule has 1 aromatic carbocycles. The predicted molar refractivity (Wildman–Crippen MR) is 99.2 cm³/mol. The van der Waals surface area contributed by atoms with Gasteiger partial charge in [0.05, 0.1) is 13.2 Å². The molecule has 1 aromatic rings. The summed E-state index contributed by atoms with van der Waals surface area (Å²) in [6, 6.07) is 8.22. The van der Waals surface area contributed by atoms with Gasteiger partial charge in [0.15, 0.2) is 0 Å². The monoisotopic (exact) mass is 348 g/mol. The average Bonchev–Trinajstić information content (AvgIpc) is 3.04. The van der Waals surface area contributed by atoms with Crippen LogP contribution in [-0.4, -0.2) is 79.6 Å². The molecule has 0 saturated carbocycles. The summed E-state index contributed by atoms with van der Waals surface area (Å²) in [6.45, 7) is 9.10. The first-order valence-electron chi connectivity index (χ1n) is 9.64. The number of aryl methyl sites for hydroxylation is 1. The maximum Gasteiger partial charge on any atom is 0.122 e. The molecule has 2 saturated heterocycles. The Morgan fingerprint density at radius 2 is 1.96 bits per heavy atom. The lowest BCUT2D eigenvalue weighted by Crippen LogP contribution is -2.52. The molecule has 5 nitrogen and oxygen atoms in total. The van der Waals surface area contributed by atoms with E-state index in [0.29, 0.717) is 32.9 Å². The molecule has 0 bridgehead atoms. The largest absolute Gasteiger partial charge is 0.492 e. The highest BCUT2D eigenvalue weighted by Crippen LogP contribution is 2.20. The van der Waals surface area contributed by atoms with Crippen LogP contribution in [0.2, 0.25) is 0 Å². The Kier molecular flexibility index (Phi) is 6.70. The second-order valence-electron chi connectivity index (χ2n) is 7.35. The number of ether oxygens (including phenoxy) is 2. The highest BCUT2D eigenvalue weighted by molar-refractivity contribution is 5.33. The van der Waals surface area contributed by atoms with Gasteiger partial charge in [-0.2, -0.15) is 0 Å². The summed E-state index contributed by atoms with van der Waals surface area (Å²) < 4.78 is 11.7. The van der Waals surface area contributed by atoms with E-state index in [-0.39, 0.29) is 0 Å². The Bertz CT molecular complexity index is 533. The zero-order valence-corrected chi connectivity index (χ0v) is 15.5. The SMILES string of the molecule is CCc1ccccc1OCCN1CCOC[C@](O)(CN2CCCC2)C1. The third-order valence-corrected chi connectivity index (χ3v) is 5.18. The smallest absolute Gasteiger partial charge is 0.122 e. The summed E-state index contributed by atoms with van der Waals surface area (Å²) in [5, 5.41) is 11.0. The molecule has 3 rings (SSSR count). The molecule has 140 valence electrons. The van der Waals surface area contributed by atoms with Crippen molar-refractivity contribution in [3.05, 3.63) is 29.8 Å². The standard InChI is InChI=1S/C20H32N2O3/c1-2-18-7-3-4-8-19(18)25-14-12-22-11-13-24-17-20(23,16-22)15-21-9-5-6-10-21/h3-4,7-8,23H,2,5-6,9-17H2,1H3/t20-/m0/s1. The molecule has 0 spiro atoms. The van der Waals surface area contributed by atoms with Crippen LogP contribution in [0.15, 0.2) is 24.3 Å². The van der Waals surface area contributed by atoms with Gasteiger partial charge < -0.3 is 19.5 Å². The molecule has 5 heteroatoms. The first-order valence-corrected chi connectivity index (χ1v) is 9.64. The van der Waals surface area contributed by atoms with Crippen LogP contribution in [0.3, 0.4) is 0 Å². The Morgan fingerprint density at radius 3 is 2.76 bits per heavy atom. The lowest BCUT2D eigenvalue weighted by Gasteiger charge is -2.34. The van der Waals surface area contributed by atoms with Gasteiger partial charge in [-0.1, -0.05) is 25.1 Å². The molecule has 2 fully saturated rings. The maximum atomic E-state index is 11.0. The number of hydrogen-bond donors (Lipinski definition) is 1. The number of benzene rings is 1. The van der Waals surface area contributed by atoms with Crippen molar-refractivity contribution >= 4 is 0 Å². The highest BCUT2D eigenvalue weighted by Gasteiger charge is 2.35. The molecule has 0 amide bonds. The molecular formula is C20H32N2O3. The number of nitrogens with zero attached hydrogens (tertiary/aromatic N) is 2. The third-order valence-electron chi connectivity index (χ3n) is 5.18. The normalized spacial score (nSPS) is 25.8. The van der Waals surface area contributed by atoms with Crippen LogP contribution in [0.25, 0.3) is 0 Å². The van der Waals surface area contributed by atoms with Crippen molar-refractivity contribution < 1.29 is 14.6 Å². The molecule has 25 heavy (non-hydrogen) atoms. The molecule has 1 atom stereocenters. The van der Waals surface area contributed by atoms with Gasteiger partial charge in [-0.05, 0) is 44.0 Å². The number of hydrogen-bond acceptors (Lipinski definition) is 5. The predicted octanol–water partition coefficient (Wildman–Crippen LogP) is 1.79. The minimum absolute atomic E-state index is 0.430. The summed E-state index contributed by atoms with van der Waals surface area (Å²) in [5.41, 5.74) is 0.467. The van der Waals surface area contributed by atoms with Crippen LogP contribution in [0.1, 0.15) is 25.3 Å². The van der Waals surface area contributed by atoms with Crippen molar-refractivity contribution in [2.45, 2.75) is 31.8 Å². The number of β-amino-alcohol motifs (C(OH)–C–C–N with tert-alkyl or cyclic N) is 1. The van der Waals surface area contributed by atoms with E-state index in [0.717, 1.165) is 38.3 Å². The van der Waals surface area contributed by atoms with Crippen LogP contribution < -0.4 is 4.74 Å². The van der Waals surface area contributed by atoms with Crippen LogP contribution in [0.5, 0.6) is 5.75 Å². The van der Waals surface area contributed by atoms with Gasteiger partial charge in [-0.25, -0.2) is 0 Å². The van der Waals surface area contributed by atoms with Crippen LogP contribution >= 0.6 is 0 Å². The van der Waals surface area contributed by atoms with E-state index >= 15 is 0 Å². The minimum atomic E-state index is -0.776. The Hall–Kier alpha value is -1.14. The minimum Gasteiger partial charge on any atom is -0.492 e. The van der Waals surface area contributed by atoms with Crippen molar-refractivity contribution in [2.24, 2.45) is 0 Å². The van der Waals surface area contributed by atoms with E-state index in [1.807, 2.05) is 12.1 Å². The summed E-state index contributed by atoms with van der Waals surface area (Å²) in [5.74, 6) is 0.975. The molecule has 0 unspecified atom stereocenters. The molecule has 1 N–H and O–H groups in total. The summed E-state index contributed by atoms with van der Waals surface area (Å²) in [7, 11) is 0. The maximum absolute atomic E-state index is 11.0. The van der Waals surface area contributed by atoms with Crippen LogP contribution in [0.4, 0.5) is 0 Å². The Labute approximate surface area is 151 Å². The topological polar surface area (TPSA) is 45.2 Å². The molecule has 0 aliphatic carbocycles. The van der Waals surface area contributed by atoms with Gasteiger partial charge in [0.1, 0.15) is 18.0 Å². The van der Waals surface area contributed by atoms with E-state index < -0.39 is 5.60 Å². The zero-order valence-electron chi connectivity index (χ0n) is 15.5. The van der Waals surface area contributed by atoms with Gasteiger partial charge >= 0.3 is 0 Å². The number of rotatable bonds is 7. The van der Waals surface area contributed by atoms with E-state index in [9.17, 15) is 5.11 Å². The second kappa shape index (κ2) is 8.99. The lowest BCUT2D eigenvalue weighted by atomic mass is 10.0. The van der Waals surface area contributed by atoms with Gasteiger partial charge in [-0.3, -0.25) is 4.90 Å². The number of para-hydroxylation sites is 1. The van der Waals surface area contributed by atoms with Gasteiger partial charge in [0.2, 0.25) is 0 Å². The summed E-state index contributed by atoms with van der Waals surface area (Å²) in [6.07, 6.45) is 3.46. The van der Waals surface area contributed by atoms with Crippen molar-refractivity contribution in [1.29, 1.82) is 0 Å². The van der Waals surface area contributed by atoms with Crippen molar-refractivity contribution in [2.75, 3.05) is 59.1 Å². The second-order valence-corrected chi connectivity index (χ2v) is 7.35. The van der Waals surface area contributed by atoms with E-state index in [1.54, 1.807) is 0 Å². The number of likely N-dealkylation sites (tertiary alicyclic amines) is 1. The fourth-order valence-corrected chi connectivity index (χ4v) is 3.86. The highest BCUT2D eigenvalue weighted by atomic mass is 16.5. The average molecular weight is 348 g/mol. The molecule has 2 heterocycles. The molecule has 2 aliphatic rings. The van der Waals surface area contributed by atoms with Crippen LogP contribution in [-0.2, 0) is 11.2 Å². The third kappa shape index (κ3) is 5.42. The van der Waals surface area contributed by atoms with E-state index in [2.05, 4.69) is 28.9 Å². The van der Waals surface area contributed by atoms with Crippen molar-refractivity contribution in [1.82, 2.24) is 9.80 Å². The van der Waals surface area contributed by atoms with Crippen molar-refractivity contribution in [3.8, 4) is 5.75 Å².